The number of rotatable bonds is 2. The van der Waals surface area contributed by atoms with Crippen molar-refractivity contribution in [2.45, 2.75) is 36.5 Å². The van der Waals surface area contributed by atoms with Crippen LogP contribution in [0, 0.1) is 0 Å². The Morgan fingerprint density at radius 1 is 1.19 bits per heavy atom. The van der Waals surface area contributed by atoms with Gasteiger partial charge in [0.2, 0.25) is 0 Å². The van der Waals surface area contributed by atoms with Crippen molar-refractivity contribution in [3.05, 3.63) is 0 Å². The quantitative estimate of drug-likeness (QED) is 0.335. The first-order valence-electron chi connectivity index (χ1n) is 4.78. The van der Waals surface area contributed by atoms with E-state index in [9.17, 15) is 20.4 Å². The fraction of sp³-hybridized carbons (Fsp3) is 1.00. The molecule has 0 aromatic carbocycles. The highest BCUT2D eigenvalue weighted by Crippen LogP contribution is 2.35. The van der Waals surface area contributed by atoms with Crippen molar-refractivity contribution in [1.29, 1.82) is 0 Å². The van der Waals surface area contributed by atoms with E-state index in [-0.39, 0.29) is 6.79 Å². The van der Waals surface area contributed by atoms with Gasteiger partial charge in [0.05, 0.1) is 6.61 Å². The number of hydrogen-bond acceptors (Lipinski definition) is 8. The van der Waals surface area contributed by atoms with Gasteiger partial charge in [-0.2, -0.15) is 0 Å². The minimum Gasteiger partial charge on any atom is -0.394 e. The van der Waals surface area contributed by atoms with Crippen molar-refractivity contribution in [1.82, 2.24) is 0 Å². The summed E-state index contributed by atoms with van der Waals surface area (Å²) < 4.78 is 14.3. The topological polar surface area (TPSA) is 129 Å². The standard InChI is InChI=1S/C8H14O8/c9-1-3-4(10)5(11)8(13,6(12)16-3)7-14-2-15-7/h3-7,9-13H,1-2H2/t3-,4+,5+,6+,8-/m1/s1. The molecule has 0 radical (unpaired) electrons. The molecule has 2 saturated heterocycles. The molecule has 0 aromatic heterocycles. The number of aliphatic hydroxyl groups excluding tert-OH is 4. The van der Waals surface area contributed by atoms with E-state index in [1.807, 2.05) is 0 Å². The van der Waals surface area contributed by atoms with E-state index < -0.39 is 43.1 Å². The van der Waals surface area contributed by atoms with E-state index in [2.05, 4.69) is 0 Å². The first kappa shape index (κ1) is 12.1. The van der Waals surface area contributed by atoms with E-state index in [0.29, 0.717) is 0 Å². The van der Waals surface area contributed by atoms with Crippen LogP contribution in [-0.2, 0) is 14.2 Å². The fourth-order valence-electron chi connectivity index (χ4n) is 1.79. The highest BCUT2D eigenvalue weighted by atomic mass is 16.9. The molecule has 0 amide bonds. The third-order valence-corrected chi connectivity index (χ3v) is 2.87. The zero-order chi connectivity index (χ0) is 11.9. The van der Waals surface area contributed by atoms with Gasteiger partial charge in [0, 0.05) is 0 Å². The van der Waals surface area contributed by atoms with Crippen LogP contribution in [0.5, 0.6) is 0 Å². The second-order valence-corrected chi connectivity index (χ2v) is 3.82. The fourth-order valence-corrected chi connectivity index (χ4v) is 1.79. The summed E-state index contributed by atoms with van der Waals surface area (Å²) in [6.45, 7) is -0.677. The van der Waals surface area contributed by atoms with E-state index >= 15 is 0 Å². The van der Waals surface area contributed by atoms with Gasteiger partial charge in [-0.05, 0) is 0 Å². The van der Waals surface area contributed by atoms with Crippen molar-refractivity contribution in [2.75, 3.05) is 13.4 Å². The molecule has 2 aliphatic heterocycles. The maximum atomic E-state index is 10.00. The molecule has 2 heterocycles. The summed E-state index contributed by atoms with van der Waals surface area (Å²) in [7, 11) is 0. The maximum Gasteiger partial charge on any atom is 0.199 e. The van der Waals surface area contributed by atoms with Gasteiger partial charge in [-0.3, -0.25) is 0 Å². The number of hydrogen-bond donors (Lipinski definition) is 5. The van der Waals surface area contributed by atoms with Gasteiger partial charge >= 0.3 is 0 Å². The van der Waals surface area contributed by atoms with Gasteiger partial charge in [-0.15, -0.1) is 0 Å². The predicted molar refractivity (Wildman–Crippen MR) is 45.8 cm³/mol. The van der Waals surface area contributed by atoms with E-state index in [4.69, 9.17) is 19.3 Å². The Hall–Kier alpha value is -0.320. The summed E-state index contributed by atoms with van der Waals surface area (Å²) >= 11 is 0. The third-order valence-electron chi connectivity index (χ3n) is 2.87. The molecule has 8 heteroatoms. The van der Waals surface area contributed by atoms with Crippen LogP contribution in [0.15, 0.2) is 0 Å². The van der Waals surface area contributed by atoms with Crippen molar-refractivity contribution < 1.29 is 39.7 Å². The van der Waals surface area contributed by atoms with Crippen molar-refractivity contribution >= 4 is 0 Å². The molecule has 94 valence electrons. The molecule has 8 nitrogen and oxygen atoms in total. The molecule has 0 bridgehead atoms. The van der Waals surface area contributed by atoms with Gasteiger partial charge in [0.1, 0.15) is 18.3 Å². The van der Waals surface area contributed by atoms with Crippen LogP contribution in [0.2, 0.25) is 0 Å². The monoisotopic (exact) mass is 238 g/mol. The van der Waals surface area contributed by atoms with Crippen LogP contribution in [0.25, 0.3) is 0 Å². The van der Waals surface area contributed by atoms with Gasteiger partial charge in [0.15, 0.2) is 25.0 Å². The summed E-state index contributed by atoms with van der Waals surface area (Å²) in [4.78, 5) is 0. The Labute approximate surface area is 90.6 Å². The van der Waals surface area contributed by atoms with Crippen LogP contribution in [0.4, 0.5) is 0 Å². The molecule has 2 aliphatic rings. The molecular formula is C8H14O8. The van der Waals surface area contributed by atoms with Crippen molar-refractivity contribution in [2.24, 2.45) is 0 Å². The molecule has 0 unspecified atom stereocenters. The highest BCUT2D eigenvalue weighted by Gasteiger charge is 2.61. The lowest BCUT2D eigenvalue weighted by molar-refractivity contribution is -0.442. The molecular weight excluding hydrogens is 224 g/mol. The largest absolute Gasteiger partial charge is 0.394 e. The zero-order valence-corrected chi connectivity index (χ0v) is 8.26. The third kappa shape index (κ3) is 1.55. The Morgan fingerprint density at radius 2 is 1.81 bits per heavy atom. The summed E-state index contributed by atoms with van der Waals surface area (Å²) in [5.74, 6) is 0. The van der Waals surface area contributed by atoms with Gasteiger partial charge in [0.25, 0.3) is 0 Å². The number of ether oxygens (including phenoxy) is 3. The second-order valence-electron chi connectivity index (χ2n) is 3.82. The lowest BCUT2D eigenvalue weighted by atomic mass is 9.85. The Kier molecular flexibility index (Phi) is 3.16. The Morgan fingerprint density at radius 3 is 2.25 bits per heavy atom. The van der Waals surface area contributed by atoms with Crippen molar-refractivity contribution in [3.63, 3.8) is 0 Å². The van der Waals surface area contributed by atoms with Crippen LogP contribution in [0.1, 0.15) is 0 Å². The molecule has 0 spiro atoms. The van der Waals surface area contributed by atoms with Gasteiger partial charge in [-0.25, -0.2) is 0 Å². The summed E-state index contributed by atoms with van der Waals surface area (Å²) in [5, 5.41) is 47.6. The Balaban J connectivity index is 2.18. The molecule has 2 fully saturated rings. The summed E-state index contributed by atoms with van der Waals surface area (Å²) in [6.07, 6.45) is -7.57. The molecule has 5 N–H and O–H groups in total. The minimum atomic E-state index is -2.27. The van der Waals surface area contributed by atoms with Crippen LogP contribution >= 0.6 is 0 Å². The predicted octanol–water partition coefficient (Wildman–Crippen LogP) is -3.52. The van der Waals surface area contributed by atoms with E-state index in [0.717, 1.165) is 0 Å². The van der Waals surface area contributed by atoms with E-state index in [1.165, 1.54) is 0 Å². The van der Waals surface area contributed by atoms with Crippen LogP contribution < -0.4 is 0 Å². The highest BCUT2D eigenvalue weighted by molar-refractivity contribution is 5.03. The average molecular weight is 238 g/mol. The molecule has 5 atom stereocenters. The summed E-state index contributed by atoms with van der Waals surface area (Å²) in [5.41, 5.74) is -2.27. The molecule has 16 heavy (non-hydrogen) atoms. The lowest BCUT2D eigenvalue weighted by Crippen LogP contribution is -2.73. The molecule has 2 rings (SSSR count). The molecule has 0 aromatic rings. The van der Waals surface area contributed by atoms with Gasteiger partial charge < -0.3 is 39.7 Å². The second kappa shape index (κ2) is 4.17. The minimum absolute atomic E-state index is 0.0774. The average Bonchev–Trinajstić information content (AvgIpc) is 2.18. The smallest absolute Gasteiger partial charge is 0.199 e. The maximum absolute atomic E-state index is 10.00. The van der Waals surface area contributed by atoms with Crippen LogP contribution in [0.3, 0.4) is 0 Å². The van der Waals surface area contributed by atoms with Crippen molar-refractivity contribution in [3.8, 4) is 0 Å². The normalized spacial score (nSPS) is 50.1. The molecule has 0 aliphatic carbocycles. The number of aliphatic hydroxyl groups is 5. The summed E-state index contributed by atoms with van der Waals surface area (Å²) in [6, 6.07) is 0. The molecule has 0 saturated carbocycles. The van der Waals surface area contributed by atoms with Crippen LogP contribution in [-0.4, -0.2) is 75.4 Å². The lowest BCUT2D eigenvalue weighted by Gasteiger charge is -2.50. The zero-order valence-electron chi connectivity index (χ0n) is 8.26. The van der Waals surface area contributed by atoms with Gasteiger partial charge in [-0.1, -0.05) is 0 Å². The first-order chi connectivity index (χ1) is 7.51. The Bertz CT molecular complexity index is 256. The first-order valence-corrected chi connectivity index (χ1v) is 4.78. The SMILES string of the molecule is OC[C@H]1O[C@H](O)[C@@](O)(C2OCO2)[C@@H](O)[C@H]1O. The van der Waals surface area contributed by atoms with E-state index in [1.54, 1.807) is 0 Å².